The number of aryl methyl sites for hydroxylation is 2. The molecule has 178 valence electrons. The molecule has 3 aromatic rings. The number of nitriles is 1. The van der Waals surface area contributed by atoms with E-state index in [-0.39, 0.29) is 23.7 Å². The number of hydrogen-bond acceptors (Lipinski definition) is 7. The minimum atomic E-state index is -0.864. The predicted molar refractivity (Wildman–Crippen MR) is 125 cm³/mol. The van der Waals surface area contributed by atoms with E-state index in [0.29, 0.717) is 55.3 Å². The van der Waals surface area contributed by atoms with E-state index < -0.39 is 5.97 Å². The van der Waals surface area contributed by atoms with Crippen LogP contribution in [0.5, 0.6) is 5.75 Å². The molecule has 0 bridgehead atoms. The van der Waals surface area contributed by atoms with Crippen LogP contribution >= 0.6 is 0 Å². The van der Waals surface area contributed by atoms with Crippen molar-refractivity contribution in [1.29, 1.82) is 5.26 Å². The quantitative estimate of drug-likeness (QED) is 0.526. The molecule has 35 heavy (non-hydrogen) atoms. The highest BCUT2D eigenvalue weighted by atomic mass is 16.5. The maximum Gasteiger partial charge on any atom is 0.303 e. The van der Waals surface area contributed by atoms with Crippen LogP contribution in [-0.2, 0) is 21.4 Å². The second kappa shape index (κ2) is 8.87. The van der Waals surface area contributed by atoms with Crippen molar-refractivity contribution in [3.8, 4) is 23.3 Å². The van der Waals surface area contributed by atoms with Gasteiger partial charge in [-0.05, 0) is 61.6 Å². The summed E-state index contributed by atoms with van der Waals surface area (Å²) in [4.78, 5) is 24.3. The van der Waals surface area contributed by atoms with Gasteiger partial charge < -0.3 is 19.6 Å². The number of nitrogens with zero attached hydrogens (tertiary/aromatic N) is 3. The molecule has 5 rings (SSSR count). The number of fused-ring (bicyclic) bond motifs is 2. The Morgan fingerprint density at radius 3 is 2.86 bits per heavy atom. The standard InChI is InChI=1S/C26H24N4O5/c1-15-29-30-25(35-15)18-7-8-22-19(12-18)26(9-10-34-22)13-20(26)24(33)28-21-11-16(14-27)5-6-17(21)3-2-4-23(31)32/h5-8,11-12,20H,2-4,9-10,13H2,1H3,(H,28,33)(H,31,32). The number of carbonyl (C=O) groups is 2. The lowest BCUT2D eigenvalue weighted by Crippen LogP contribution is -2.27. The fraction of sp³-hybridized carbons (Fsp3) is 0.346. The van der Waals surface area contributed by atoms with Gasteiger partial charge in [-0.2, -0.15) is 5.26 Å². The Kier molecular flexibility index (Phi) is 5.73. The van der Waals surface area contributed by atoms with Gasteiger partial charge in [0.15, 0.2) is 0 Å². The summed E-state index contributed by atoms with van der Waals surface area (Å²) in [7, 11) is 0. The molecular weight excluding hydrogens is 448 g/mol. The number of rotatable bonds is 7. The number of carboxylic acids is 1. The highest BCUT2D eigenvalue weighted by molar-refractivity contribution is 5.97. The van der Waals surface area contributed by atoms with Crippen LogP contribution in [0, 0.1) is 24.2 Å². The third-order valence-electron chi connectivity index (χ3n) is 6.82. The first kappa shape index (κ1) is 22.6. The molecule has 2 atom stereocenters. The molecule has 9 heteroatoms. The lowest BCUT2D eigenvalue weighted by atomic mass is 9.86. The van der Waals surface area contributed by atoms with Crippen LogP contribution < -0.4 is 10.1 Å². The van der Waals surface area contributed by atoms with Gasteiger partial charge in [-0.15, -0.1) is 10.2 Å². The Morgan fingerprint density at radius 1 is 1.26 bits per heavy atom. The monoisotopic (exact) mass is 472 g/mol. The van der Waals surface area contributed by atoms with Gasteiger partial charge in [-0.3, -0.25) is 9.59 Å². The van der Waals surface area contributed by atoms with Gasteiger partial charge >= 0.3 is 5.97 Å². The molecule has 1 aromatic heterocycles. The largest absolute Gasteiger partial charge is 0.493 e. The van der Waals surface area contributed by atoms with E-state index in [1.165, 1.54) is 0 Å². The molecule has 0 radical (unpaired) electrons. The summed E-state index contributed by atoms with van der Waals surface area (Å²) in [6.07, 6.45) is 2.38. The van der Waals surface area contributed by atoms with Crippen LogP contribution in [0.2, 0.25) is 0 Å². The number of carboxylic acid groups (broad SMARTS) is 1. The first-order chi connectivity index (χ1) is 16.9. The van der Waals surface area contributed by atoms with Crippen molar-refractivity contribution in [2.24, 2.45) is 5.92 Å². The lowest BCUT2D eigenvalue weighted by molar-refractivity contribution is -0.137. The average Bonchev–Trinajstić information content (AvgIpc) is 3.40. The fourth-order valence-electron chi connectivity index (χ4n) is 4.92. The summed E-state index contributed by atoms with van der Waals surface area (Å²) < 4.78 is 11.5. The van der Waals surface area contributed by atoms with E-state index in [4.69, 9.17) is 14.3 Å². The van der Waals surface area contributed by atoms with Crippen molar-refractivity contribution in [2.45, 2.75) is 44.4 Å². The first-order valence-corrected chi connectivity index (χ1v) is 11.5. The molecule has 2 aromatic carbocycles. The predicted octanol–water partition coefficient (Wildman–Crippen LogP) is 4.00. The zero-order valence-corrected chi connectivity index (χ0v) is 19.2. The zero-order chi connectivity index (χ0) is 24.6. The smallest absolute Gasteiger partial charge is 0.303 e. The minimum Gasteiger partial charge on any atom is -0.493 e. The Morgan fingerprint density at radius 2 is 2.11 bits per heavy atom. The Bertz CT molecular complexity index is 1360. The van der Waals surface area contributed by atoms with Crippen molar-refractivity contribution in [1.82, 2.24) is 10.2 Å². The number of hydrogen-bond donors (Lipinski definition) is 2. The Hall–Kier alpha value is -4.19. The van der Waals surface area contributed by atoms with Crippen LogP contribution in [0.15, 0.2) is 40.8 Å². The lowest BCUT2D eigenvalue weighted by Gasteiger charge is -2.27. The molecule has 1 fully saturated rings. The maximum atomic E-state index is 13.4. The number of benzene rings is 2. The highest BCUT2D eigenvalue weighted by Crippen LogP contribution is 2.61. The molecule has 1 saturated carbocycles. The average molecular weight is 473 g/mol. The molecule has 1 amide bonds. The number of aromatic nitrogens is 2. The summed E-state index contributed by atoms with van der Waals surface area (Å²) in [5.74, 6) is 0.428. The molecule has 2 aliphatic rings. The van der Waals surface area contributed by atoms with Crippen molar-refractivity contribution >= 4 is 17.6 Å². The van der Waals surface area contributed by atoms with Crippen molar-refractivity contribution < 1.29 is 23.8 Å². The van der Waals surface area contributed by atoms with Crippen LogP contribution in [0.25, 0.3) is 11.5 Å². The van der Waals surface area contributed by atoms with Crippen molar-refractivity contribution in [2.75, 3.05) is 11.9 Å². The second-order valence-electron chi connectivity index (χ2n) is 9.07. The molecular formula is C26H24N4O5. The molecule has 1 aliphatic heterocycles. The zero-order valence-electron chi connectivity index (χ0n) is 19.2. The molecule has 1 spiro atoms. The number of aliphatic carboxylic acids is 1. The summed E-state index contributed by atoms with van der Waals surface area (Å²) in [6.45, 7) is 2.26. The summed E-state index contributed by atoms with van der Waals surface area (Å²) in [5.41, 5.74) is 3.22. The third kappa shape index (κ3) is 4.35. The van der Waals surface area contributed by atoms with Gasteiger partial charge in [-0.1, -0.05) is 6.07 Å². The van der Waals surface area contributed by atoms with Gasteiger partial charge in [0.05, 0.1) is 18.2 Å². The van der Waals surface area contributed by atoms with E-state index in [0.717, 1.165) is 22.4 Å². The number of amides is 1. The maximum absolute atomic E-state index is 13.4. The topological polar surface area (TPSA) is 138 Å². The van der Waals surface area contributed by atoms with E-state index >= 15 is 0 Å². The summed E-state index contributed by atoms with van der Waals surface area (Å²) in [5, 5.41) is 29.3. The number of carbonyl (C=O) groups excluding carboxylic acids is 1. The molecule has 0 saturated heterocycles. The second-order valence-corrected chi connectivity index (χ2v) is 9.07. The van der Waals surface area contributed by atoms with Gasteiger partial charge in [-0.25, -0.2) is 0 Å². The van der Waals surface area contributed by atoms with Gasteiger partial charge in [0.2, 0.25) is 17.7 Å². The van der Waals surface area contributed by atoms with Gasteiger partial charge in [0, 0.05) is 41.5 Å². The van der Waals surface area contributed by atoms with E-state index in [9.17, 15) is 14.9 Å². The van der Waals surface area contributed by atoms with E-state index in [2.05, 4.69) is 21.6 Å². The van der Waals surface area contributed by atoms with Crippen LogP contribution in [-0.4, -0.2) is 33.8 Å². The summed E-state index contributed by atoms with van der Waals surface area (Å²) in [6, 6.07) is 12.9. The van der Waals surface area contributed by atoms with Crippen molar-refractivity contribution in [3.05, 3.63) is 59.0 Å². The Balaban J connectivity index is 1.38. The first-order valence-electron chi connectivity index (χ1n) is 11.5. The van der Waals surface area contributed by atoms with Crippen LogP contribution in [0.1, 0.15) is 48.3 Å². The Labute approximate surface area is 201 Å². The molecule has 2 heterocycles. The normalized spacial score (nSPS) is 19.9. The SMILES string of the molecule is Cc1nnc(-c2ccc3c(c2)C2(CCO3)CC2C(=O)Nc2cc(C#N)ccc2CCCC(=O)O)o1. The number of nitrogens with one attached hydrogen (secondary N) is 1. The van der Waals surface area contributed by atoms with Gasteiger partial charge in [0.25, 0.3) is 0 Å². The van der Waals surface area contributed by atoms with Crippen molar-refractivity contribution in [3.63, 3.8) is 0 Å². The minimum absolute atomic E-state index is 0.0395. The number of anilines is 1. The van der Waals surface area contributed by atoms with E-state index in [1.54, 1.807) is 25.1 Å². The van der Waals surface area contributed by atoms with Gasteiger partial charge in [0.1, 0.15) is 5.75 Å². The van der Waals surface area contributed by atoms with Crippen LogP contribution in [0.4, 0.5) is 5.69 Å². The molecule has 1 aliphatic carbocycles. The summed E-state index contributed by atoms with van der Waals surface area (Å²) >= 11 is 0. The molecule has 9 nitrogen and oxygen atoms in total. The molecule has 2 N–H and O–H groups in total. The highest BCUT2D eigenvalue weighted by Gasteiger charge is 2.61. The number of ether oxygens (including phenoxy) is 1. The third-order valence-corrected chi connectivity index (χ3v) is 6.82. The van der Waals surface area contributed by atoms with Crippen LogP contribution in [0.3, 0.4) is 0 Å². The fourth-order valence-corrected chi connectivity index (χ4v) is 4.92. The van der Waals surface area contributed by atoms with E-state index in [1.807, 2.05) is 18.2 Å². The molecule has 2 unspecified atom stereocenters.